The van der Waals surface area contributed by atoms with Gasteiger partial charge in [0.1, 0.15) is 0 Å². The van der Waals surface area contributed by atoms with E-state index in [1.807, 2.05) is 0 Å². The Bertz CT molecular complexity index is 539. The van der Waals surface area contributed by atoms with E-state index in [-0.39, 0.29) is 12.3 Å². The van der Waals surface area contributed by atoms with Gasteiger partial charge in [-0.05, 0) is 24.3 Å². The molecule has 0 unspecified atom stereocenters. The molecule has 0 saturated carbocycles. The van der Waals surface area contributed by atoms with Crippen molar-refractivity contribution in [2.24, 2.45) is 5.73 Å². The lowest BCUT2D eigenvalue weighted by Crippen LogP contribution is -2.17. The Morgan fingerprint density at radius 3 is 3.00 bits per heavy atom. The number of rotatable bonds is 4. The second kappa shape index (κ2) is 5.66. The van der Waals surface area contributed by atoms with E-state index in [9.17, 15) is 4.79 Å². The van der Waals surface area contributed by atoms with E-state index < -0.39 is 0 Å². The molecule has 1 aromatic heterocycles. The van der Waals surface area contributed by atoms with Crippen LogP contribution < -0.4 is 11.1 Å². The highest BCUT2D eigenvalue weighted by molar-refractivity contribution is 6.31. The third kappa shape index (κ3) is 2.88. The highest BCUT2D eigenvalue weighted by Crippen LogP contribution is 2.24. The number of hydrogen-bond donors (Lipinski definition) is 2. The van der Waals surface area contributed by atoms with E-state index in [1.165, 1.54) is 0 Å². The zero-order valence-electron chi connectivity index (χ0n) is 9.64. The van der Waals surface area contributed by atoms with Crippen molar-refractivity contribution in [1.82, 2.24) is 9.78 Å². The first-order valence-electron chi connectivity index (χ1n) is 5.50. The number of carbonyl (C=O) groups excluding carboxylic acids is 1. The van der Waals surface area contributed by atoms with Crippen molar-refractivity contribution < 1.29 is 4.79 Å². The first-order chi connectivity index (χ1) is 8.70. The molecule has 6 heteroatoms. The van der Waals surface area contributed by atoms with Gasteiger partial charge in [-0.15, -0.1) is 0 Å². The van der Waals surface area contributed by atoms with Crippen molar-refractivity contribution in [3.05, 3.63) is 41.7 Å². The van der Waals surface area contributed by atoms with E-state index in [4.69, 9.17) is 17.3 Å². The van der Waals surface area contributed by atoms with Crippen LogP contribution in [0.4, 0.5) is 5.69 Å². The van der Waals surface area contributed by atoms with Crippen LogP contribution >= 0.6 is 11.6 Å². The molecule has 1 amide bonds. The number of nitrogens with one attached hydrogen (secondary N) is 1. The van der Waals surface area contributed by atoms with Crippen LogP contribution in [0.3, 0.4) is 0 Å². The SMILES string of the molecule is NCCC(=O)Nc1cc(Cl)ccc1-n1cccn1. The quantitative estimate of drug-likeness (QED) is 0.885. The molecular formula is C12H13ClN4O. The van der Waals surface area contributed by atoms with Crippen LogP contribution in [0.1, 0.15) is 6.42 Å². The van der Waals surface area contributed by atoms with Crippen molar-refractivity contribution in [3.63, 3.8) is 0 Å². The van der Waals surface area contributed by atoms with Gasteiger partial charge < -0.3 is 11.1 Å². The fourth-order valence-corrected chi connectivity index (χ4v) is 1.74. The zero-order valence-corrected chi connectivity index (χ0v) is 10.4. The van der Waals surface area contributed by atoms with Gasteiger partial charge >= 0.3 is 0 Å². The largest absolute Gasteiger partial charge is 0.330 e. The van der Waals surface area contributed by atoms with E-state index in [2.05, 4.69) is 10.4 Å². The summed E-state index contributed by atoms with van der Waals surface area (Å²) in [5.41, 5.74) is 6.72. The third-order valence-electron chi connectivity index (χ3n) is 2.36. The fraction of sp³-hybridized carbons (Fsp3) is 0.167. The highest BCUT2D eigenvalue weighted by Gasteiger charge is 2.09. The van der Waals surface area contributed by atoms with Gasteiger partial charge in [0.15, 0.2) is 0 Å². The Labute approximate surface area is 110 Å². The molecule has 94 valence electrons. The minimum atomic E-state index is -0.145. The van der Waals surface area contributed by atoms with Crippen LogP contribution in [-0.2, 0) is 4.79 Å². The molecule has 5 nitrogen and oxygen atoms in total. The Morgan fingerprint density at radius 2 is 2.33 bits per heavy atom. The number of benzene rings is 1. The average Bonchev–Trinajstić information content (AvgIpc) is 2.83. The van der Waals surface area contributed by atoms with Crippen molar-refractivity contribution in [2.45, 2.75) is 6.42 Å². The van der Waals surface area contributed by atoms with Gasteiger partial charge in [0.05, 0.1) is 11.4 Å². The molecular weight excluding hydrogens is 252 g/mol. The van der Waals surface area contributed by atoms with Crippen molar-refractivity contribution >= 4 is 23.2 Å². The van der Waals surface area contributed by atoms with Crippen LogP contribution in [0, 0.1) is 0 Å². The zero-order chi connectivity index (χ0) is 13.0. The van der Waals surface area contributed by atoms with Crippen molar-refractivity contribution in [1.29, 1.82) is 0 Å². The summed E-state index contributed by atoms with van der Waals surface area (Å²) in [5, 5.41) is 7.45. The first kappa shape index (κ1) is 12.6. The molecule has 0 aliphatic heterocycles. The standard InChI is InChI=1S/C12H13ClN4O/c13-9-2-3-11(17-7-1-6-15-17)10(8-9)16-12(18)4-5-14/h1-3,6-8H,4-5,14H2,(H,16,18). The lowest BCUT2D eigenvalue weighted by molar-refractivity contribution is -0.116. The summed E-state index contributed by atoms with van der Waals surface area (Å²) < 4.78 is 1.66. The minimum Gasteiger partial charge on any atom is -0.330 e. The molecule has 0 aliphatic rings. The monoisotopic (exact) mass is 264 g/mol. The normalized spacial score (nSPS) is 10.3. The van der Waals surface area contributed by atoms with E-state index in [0.717, 1.165) is 5.69 Å². The minimum absolute atomic E-state index is 0.145. The lowest BCUT2D eigenvalue weighted by atomic mass is 10.2. The molecule has 3 N–H and O–H groups in total. The maximum absolute atomic E-state index is 11.6. The molecule has 0 bridgehead atoms. The molecule has 1 aromatic carbocycles. The maximum atomic E-state index is 11.6. The second-order valence-corrected chi connectivity index (χ2v) is 4.14. The van der Waals surface area contributed by atoms with Gasteiger partial charge in [-0.2, -0.15) is 5.10 Å². The topological polar surface area (TPSA) is 72.9 Å². The summed E-state index contributed by atoms with van der Waals surface area (Å²) >= 11 is 5.93. The van der Waals surface area contributed by atoms with Gasteiger partial charge in [0, 0.05) is 30.4 Å². The number of amides is 1. The number of aromatic nitrogens is 2. The number of carbonyl (C=O) groups is 1. The molecule has 0 spiro atoms. The number of anilines is 1. The van der Waals surface area contributed by atoms with Gasteiger partial charge in [0.25, 0.3) is 0 Å². The van der Waals surface area contributed by atoms with Crippen molar-refractivity contribution in [3.8, 4) is 5.69 Å². The number of nitrogens with two attached hydrogens (primary N) is 1. The molecule has 0 aliphatic carbocycles. The Kier molecular flexibility index (Phi) is 3.96. The average molecular weight is 265 g/mol. The molecule has 0 fully saturated rings. The van der Waals surface area contributed by atoms with E-state index in [0.29, 0.717) is 17.3 Å². The lowest BCUT2D eigenvalue weighted by Gasteiger charge is -2.11. The van der Waals surface area contributed by atoms with Crippen LogP contribution in [0.2, 0.25) is 5.02 Å². The molecule has 1 heterocycles. The van der Waals surface area contributed by atoms with Gasteiger partial charge in [-0.1, -0.05) is 11.6 Å². The Balaban J connectivity index is 2.32. The number of nitrogens with zero attached hydrogens (tertiary/aromatic N) is 2. The molecule has 18 heavy (non-hydrogen) atoms. The molecule has 2 rings (SSSR count). The summed E-state index contributed by atoms with van der Waals surface area (Å²) in [6.45, 7) is 0.309. The van der Waals surface area contributed by atoms with Crippen LogP contribution in [0.5, 0.6) is 0 Å². The molecule has 0 radical (unpaired) electrons. The van der Waals surface area contributed by atoms with E-state index in [1.54, 1.807) is 41.3 Å². The summed E-state index contributed by atoms with van der Waals surface area (Å²) in [6, 6.07) is 7.04. The smallest absolute Gasteiger partial charge is 0.225 e. The number of hydrogen-bond acceptors (Lipinski definition) is 3. The Hall–Kier alpha value is -1.85. The molecule has 2 aromatic rings. The third-order valence-corrected chi connectivity index (χ3v) is 2.59. The summed E-state index contributed by atoms with van der Waals surface area (Å²) in [4.78, 5) is 11.6. The van der Waals surface area contributed by atoms with Crippen molar-refractivity contribution in [2.75, 3.05) is 11.9 Å². The van der Waals surface area contributed by atoms with Crippen LogP contribution in [0.25, 0.3) is 5.69 Å². The summed E-state index contributed by atoms with van der Waals surface area (Å²) in [7, 11) is 0. The van der Waals surface area contributed by atoms with Gasteiger partial charge in [-0.25, -0.2) is 4.68 Å². The predicted octanol–water partition coefficient (Wildman–Crippen LogP) is 1.81. The predicted molar refractivity (Wildman–Crippen MR) is 70.9 cm³/mol. The second-order valence-electron chi connectivity index (χ2n) is 3.70. The number of halogens is 1. The Morgan fingerprint density at radius 1 is 1.50 bits per heavy atom. The molecule has 0 saturated heterocycles. The maximum Gasteiger partial charge on any atom is 0.225 e. The van der Waals surface area contributed by atoms with E-state index >= 15 is 0 Å². The first-order valence-corrected chi connectivity index (χ1v) is 5.88. The fourth-order valence-electron chi connectivity index (χ4n) is 1.56. The highest BCUT2D eigenvalue weighted by atomic mass is 35.5. The summed E-state index contributed by atoms with van der Waals surface area (Å²) in [6.07, 6.45) is 3.73. The van der Waals surface area contributed by atoms with Crippen LogP contribution in [0.15, 0.2) is 36.7 Å². The van der Waals surface area contributed by atoms with Gasteiger partial charge in [-0.3, -0.25) is 4.79 Å². The van der Waals surface area contributed by atoms with Gasteiger partial charge in [0.2, 0.25) is 5.91 Å². The summed E-state index contributed by atoms with van der Waals surface area (Å²) in [5.74, 6) is -0.145. The molecule has 0 atom stereocenters. The van der Waals surface area contributed by atoms with Crippen LogP contribution in [-0.4, -0.2) is 22.2 Å².